The van der Waals surface area contributed by atoms with E-state index in [2.05, 4.69) is 0 Å². The van der Waals surface area contributed by atoms with Crippen molar-refractivity contribution in [2.75, 3.05) is 6.79 Å². The zero-order valence-corrected chi connectivity index (χ0v) is 12.3. The zero-order chi connectivity index (χ0) is 13.3. The third kappa shape index (κ3) is 5.20. The van der Waals surface area contributed by atoms with Crippen LogP contribution in [0.5, 0.6) is 5.75 Å². The zero-order valence-electron chi connectivity index (χ0n) is 10.5. The largest absolute Gasteiger partial charge is 0.468 e. The van der Waals surface area contributed by atoms with Crippen LogP contribution in [0.25, 0.3) is 0 Å². The minimum Gasteiger partial charge on any atom is -0.468 e. The molecule has 0 aliphatic carbocycles. The average molecular weight is 295 g/mol. The van der Waals surface area contributed by atoms with Crippen molar-refractivity contribution in [1.82, 2.24) is 0 Å². The summed E-state index contributed by atoms with van der Waals surface area (Å²) in [6.45, 7) is 0.811. The van der Waals surface area contributed by atoms with Crippen LogP contribution in [0.3, 0.4) is 0 Å². The number of hydrogen-bond acceptors (Lipinski definition) is 2. The summed E-state index contributed by atoms with van der Waals surface area (Å²) in [6.07, 6.45) is 0.879. The molecule has 19 heavy (non-hydrogen) atoms. The molecule has 0 heterocycles. The average Bonchev–Trinajstić information content (AvgIpc) is 2.46. The van der Waals surface area contributed by atoms with E-state index in [0.717, 1.165) is 17.5 Å². The number of rotatable bonds is 7. The standard InChI is InChI=1S/C15H16ClO2P/c16-19-11-14-7-4-8-15(9-14)18-12-17-10-13-5-2-1-3-6-13/h1-9,19H,10-12H2. The fourth-order valence-electron chi connectivity index (χ4n) is 1.67. The topological polar surface area (TPSA) is 18.5 Å². The molecular formula is C15H16ClO2P. The van der Waals surface area contributed by atoms with Gasteiger partial charge in [0.15, 0.2) is 6.79 Å². The normalized spacial score (nSPS) is 11.0. The van der Waals surface area contributed by atoms with Gasteiger partial charge in [0.1, 0.15) is 5.75 Å². The van der Waals surface area contributed by atoms with E-state index in [1.165, 1.54) is 5.56 Å². The van der Waals surface area contributed by atoms with Gasteiger partial charge in [-0.1, -0.05) is 53.7 Å². The molecule has 0 bridgehead atoms. The van der Waals surface area contributed by atoms with Crippen LogP contribution in [-0.2, 0) is 17.5 Å². The summed E-state index contributed by atoms with van der Waals surface area (Å²) in [5.74, 6) is 0.820. The van der Waals surface area contributed by atoms with Gasteiger partial charge in [-0.3, -0.25) is 0 Å². The Morgan fingerprint density at radius 1 is 0.947 bits per heavy atom. The molecule has 0 aliphatic rings. The van der Waals surface area contributed by atoms with Crippen molar-refractivity contribution >= 4 is 19.2 Å². The van der Waals surface area contributed by atoms with Crippen LogP contribution in [-0.4, -0.2) is 6.79 Å². The van der Waals surface area contributed by atoms with Crippen LogP contribution in [0.15, 0.2) is 54.6 Å². The summed E-state index contributed by atoms with van der Waals surface area (Å²) in [4.78, 5) is 0. The molecule has 1 unspecified atom stereocenters. The first kappa shape index (κ1) is 14.3. The van der Waals surface area contributed by atoms with Gasteiger partial charge in [-0.25, -0.2) is 0 Å². The maximum atomic E-state index is 5.75. The summed E-state index contributed by atoms with van der Waals surface area (Å²) in [6, 6.07) is 18.0. The molecule has 2 aromatic carbocycles. The van der Waals surface area contributed by atoms with Crippen molar-refractivity contribution in [2.24, 2.45) is 0 Å². The lowest BCUT2D eigenvalue weighted by atomic mass is 10.2. The molecule has 0 N–H and O–H groups in total. The maximum Gasteiger partial charge on any atom is 0.189 e. The summed E-state index contributed by atoms with van der Waals surface area (Å²) < 4.78 is 11.0. The third-order valence-electron chi connectivity index (χ3n) is 2.59. The van der Waals surface area contributed by atoms with Gasteiger partial charge in [0.05, 0.1) is 6.61 Å². The highest BCUT2D eigenvalue weighted by atomic mass is 35.7. The van der Waals surface area contributed by atoms with E-state index >= 15 is 0 Å². The van der Waals surface area contributed by atoms with Crippen molar-refractivity contribution in [2.45, 2.75) is 12.8 Å². The Morgan fingerprint density at radius 2 is 1.74 bits per heavy atom. The lowest BCUT2D eigenvalue weighted by Gasteiger charge is -2.08. The molecule has 2 aromatic rings. The van der Waals surface area contributed by atoms with E-state index in [1.807, 2.05) is 54.6 Å². The predicted octanol–water partition coefficient (Wildman–Crippen LogP) is 4.57. The highest BCUT2D eigenvalue weighted by molar-refractivity contribution is 7.67. The van der Waals surface area contributed by atoms with Crippen molar-refractivity contribution in [3.8, 4) is 5.75 Å². The molecule has 4 heteroatoms. The molecule has 0 radical (unpaired) electrons. The Kier molecular flexibility index (Phi) is 6.16. The van der Waals surface area contributed by atoms with Crippen LogP contribution in [0.4, 0.5) is 0 Å². The molecule has 0 saturated heterocycles. The lowest BCUT2D eigenvalue weighted by Crippen LogP contribution is -2.03. The summed E-state index contributed by atoms with van der Waals surface area (Å²) in [5.41, 5.74) is 2.33. The van der Waals surface area contributed by atoms with Crippen molar-refractivity contribution in [1.29, 1.82) is 0 Å². The van der Waals surface area contributed by atoms with Crippen LogP contribution < -0.4 is 4.74 Å². The van der Waals surface area contributed by atoms with E-state index in [-0.39, 0.29) is 6.79 Å². The molecule has 100 valence electrons. The smallest absolute Gasteiger partial charge is 0.189 e. The molecule has 0 spiro atoms. The van der Waals surface area contributed by atoms with Crippen LogP contribution in [0.2, 0.25) is 0 Å². The monoisotopic (exact) mass is 294 g/mol. The number of halogens is 1. The Labute approximate surface area is 120 Å². The number of ether oxygens (including phenoxy) is 2. The first-order valence-electron chi connectivity index (χ1n) is 6.05. The number of hydrogen-bond donors (Lipinski definition) is 0. The van der Waals surface area contributed by atoms with Crippen molar-refractivity contribution in [3.05, 3.63) is 65.7 Å². The minimum atomic E-state index is 0.251. The van der Waals surface area contributed by atoms with Gasteiger partial charge >= 0.3 is 0 Å². The molecule has 0 aliphatic heterocycles. The molecule has 2 nitrogen and oxygen atoms in total. The first-order chi connectivity index (χ1) is 9.38. The van der Waals surface area contributed by atoms with Gasteiger partial charge in [0.25, 0.3) is 0 Å². The fraction of sp³-hybridized carbons (Fsp3) is 0.200. The van der Waals surface area contributed by atoms with Gasteiger partial charge in [-0.2, -0.15) is 0 Å². The Hall–Kier alpha value is -1.08. The molecule has 0 saturated carbocycles. The van der Waals surface area contributed by atoms with E-state index < -0.39 is 0 Å². The predicted molar refractivity (Wildman–Crippen MR) is 81.0 cm³/mol. The first-order valence-corrected chi connectivity index (χ1v) is 8.27. The molecule has 0 aromatic heterocycles. The molecular weight excluding hydrogens is 279 g/mol. The summed E-state index contributed by atoms with van der Waals surface area (Å²) >= 11 is 5.75. The van der Waals surface area contributed by atoms with Gasteiger partial charge in [0.2, 0.25) is 0 Å². The Balaban J connectivity index is 1.75. The third-order valence-corrected chi connectivity index (χ3v) is 3.53. The SMILES string of the molecule is ClPCc1cccc(OCOCc2ccccc2)c1. The number of benzene rings is 2. The van der Waals surface area contributed by atoms with Gasteiger partial charge < -0.3 is 9.47 Å². The molecule has 0 fully saturated rings. The van der Waals surface area contributed by atoms with Crippen LogP contribution in [0.1, 0.15) is 11.1 Å². The minimum absolute atomic E-state index is 0.251. The van der Waals surface area contributed by atoms with E-state index in [9.17, 15) is 0 Å². The second-order valence-corrected chi connectivity index (χ2v) is 5.48. The highest BCUT2D eigenvalue weighted by Gasteiger charge is 1.97. The van der Waals surface area contributed by atoms with Gasteiger partial charge in [0, 0.05) is 6.16 Å². The lowest BCUT2D eigenvalue weighted by molar-refractivity contribution is 0.00502. The van der Waals surface area contributed by atoms with Gasteiger partial charge in [-0.05, 0) is 31.2 Å². The second kappa shape index (κ2) is 8.16. The fourth-order valence-corrected chi connectivity index (χ4v) is 2.50. The van der Waals surface area contributed by atoms with E-state index in [4.69, 9.17) is 20.7 Å². The maximum absolute atomic E-state index is 5.75. The highest BCUT2D eigenvalue weighted by Crippen LogP contribution is 2.24. The molecule has 2 rings (SSSR count). The van der Waals surface area contributed by atoms with E-state index in [0.29, 0.717) is 14.5 Å². The summed E-state index contributed by atoms with van der Waals surface area (Å²) in [5, 5.41) is 0. The summed E-state index contributed by atoms with van der Waals surface area (Å²) in [7, 11) is 0.401. The van der Waals surface area contributed by atoms with Crippen molar-refractivity contribution in [3.63, 3.8) is 0 Å². The molecule has 1 atom stereocenters. The van der Waals surface area contributed by atoms with Crippen molar-refractivity contribution < 1.29 is 9.47 Å². The Bertz CT molecular complexity index is 491. The van der Waals surface area contributed by atoms with Gasteiger partial charge in [-0.15, -0.1) is 0 Å². The quantitative estimate of drug-likeness (QED) is 0.423. The second-order valence-electron chi connectivity index (χ2n) is 4.05. The van der Waals surface area contributed by atoms with Crippen LogP contribution in [0, 0.1) is 0 Å². The Morgan fingerprint density at radius 3 is 2.53 bits per heavy atom. The van der Waals surface area contributed by atoms with E-state index in [1.54, 1.807) is 0 Å². The van der Waals surface area contributed by atoms with Crippen LogP contribution >= 0.6 is 19.2 Å². The molecule has 0 amide bonds.